The number of rotatable bonds is 5. The number of benzene rings is 1. The number of nitrogens with zero attached hydrogens (tertiary/aromatic N) is 1. The molecule has 0 radical (unpaired) electrons. The maximum absolute atomic E-state index is 11.9. The Bertz CT molecular complexity index is 583. The minimum absolute atomic E-state index is 0.105. The van der Waals surface area contributed by atoms with Crippen molar-refractivity contribution in [2.75, 3.05) is 24.5 Å². The summed E-state index contributed by atoms with van der Waals surface area (Å²) in [6.07, 6.45) is 3.33. The Balaban J connectivity index is 1.39. The molecule has 116 valence electrons. The van der Waals surface area contributed by atoms with Crippen molar-refractivity contribution >= 4 is 11.7 Å². The highest BCUT2D eigenvalue weighted by Crippen LogP contribution is 2.19. The number of para-hydroxylation sites is 1. The number of amides is 2. The van der Waals surface area contributed by atoms with Crippen LogP contribution in [0.4, 0.5) is 10.5 Å². The second-order valence-corrected chi connectivity index (χ2v) is 5.50. The first-order valence-corrected chi connectivity index (χ1v) is 7.68. The zero-order valence-electron chi connectivity index (χ0n) is 12.5. The van der Waals surface area contributed by atoms with E-state index in [1.165, 1.54) is 5.69 Å². The molecule has 0 spiro atoms. The van der Waals surface area contributed by atoms with E-state index in [4.69, 9.17) is 4.42 Å². The Morgan fingerprint density at radius 3 is 2.86 bits per heavy atom. The molecule has 1 aromatic heterocycles. The second-order valence-electron chi connectivity index (χ2n) is 5.50. The van der Waals surface area contributed by atoms with Gasteiger partial charge in [0.15, 0.2) is 0 Å². The van der Waals surface area contributed by atoms with E-state index in [1.807, 2.05) is 30.3 Å². The molecule has 1 aliphatic rings. The van der Waals surface area contributed by atoms with E-state index in [-0.39, 0.29) is 12.1 Å². The second kappa shape index (κ2) is 7.02. The number of hydrogen-bond donors (Lipinski definition) is 2. The maximum Gasteiger partial charge on any atom is 0.315 e. The first kappa shape index (κ1) is 14.5. The van der Waals surface area contributed by atoms with E-state index < -0.39 is 0 Å². The molecule has 2 aromatic rings. The van der Waals surface area contributed by atoms with Crippen LogP contribution < -0.4 is 15.5 Å². The summed E-state index contributed by atoms with van der Waals surface area (Å²) in [5, 5.41) is 5.91. The minimum atomic E-state index is -0.105. The molecule has 0 bridgehead atoms. The third kappa shape index (κ3) is 3.81. The Labute approximate surface area is 130 Å². The quantitative estimate of drug-likeness (QED) is 0.891. The molecule has 1 unspecified atom stereocenters. The summed E-state index contributed by atoms with van der Waals surface area (Å²) >= 11 is 0. The molecule has 1 fully saturated rings. The average Bonchev–Trinajstić information content (AvgIpc) is 3.20. The maximum atomic E-state index is 11.9. The largest absolute Gasteiger partial charge is 0.469 e. The first-order chi connectivity index (χ1) is 10.8. The van der Waals surface area contributed by atoms with E-state index >= 15 is 0 Å². The van der Waals surface area contributed by atoms with Crippen LogP contribution in [0.1, 0.15) is 12.2 Å². The van der Waals surface area contributed by atoms with Crippen LogP contribution in [0.15, 0.2) is 53.1 Å². The zero-order chi connectivity index (χ0) is 15.2. The summed E-state index contributed by atoms with van der Waals surface area (Å²) in [5.74, 6) is 0.886. The molecule has 0 aliphatic carbocycles. The van der Waals surface area contributed by atoms with Crippen LogP contribution in [0.25, 0.3) is 0 Å². The molecular formula is C17H21N3O2. The number of nitrogens with one attached hydrogen (secondary N) is 2. The lowest BCUT2D eigenvalue weighted by atomic mass is 10.3. The standard InChI is InChI=1S/C17H21N3O2/c21-17(18-10-8-16-7-4-12-22-16)19-14-9-11-20(13-14)15-5-2-1-3-6-15/h1-7,12,14H,8-11,13H2,(H2,18,19,21). The molecule has 1 aliphatic heterocycles. The number of anilines is 1. The fourth-order valence-electron chi connectivity index (χ4n) is 2.74. The van der Waals surface area contributed by atoms with Crippen LogP contribution >= 0.6 is 0 Å². The predicted octanol–water partition coefficient (Wildman–Crippen LogP) is 2.40. The summed E-state index contributed by atoms with van der Waals surface area (Å²) in [6.45, 7) is 2.41. The van der Waals surface area contributed by atoms with Gasteiger partial charge in [-0.15, -0.1) is 0 Å². The smallest absolute Gasteiger partial charge is 0.315 e. The number of carbonyl (C=O) groups excluding carboxylic acids is 1. The molecular weight excluding hydrogens is 278 g/mol. The van der Waals surface area contributed by atoms with Gasteiger partial charge in [-0.25, -0.2) is 4.79 Å². The van der Waals surface area contributed by atoms with Crippen LogP contribution in [0.5, 0.6) is 0 Å². The van der Waals surface area contributed by atoms with Crippen molar-refractivity contribution in [3.8, 4) is 0 Å². The molecule has 1 atom stereocenters. The van der Waals surface area contributed by atoms with Gasteiger partial charge in [-0.3, -0.25) is 0 Å². The molecule has 1 aromatic carbocycles. The fourth-order valence-corrected chi connectivity index (χ4v) is 2.74. The third-order valence-electron chi connectivity index (χ3n) is 3.88. The number of carbonyl (C=O) groups is 1. The van der Waals surface area contributed by atoms with Crippen LogP contribution in [0.3, 0.4) is 0 Å². The van der Waals surface area contributed by atoms with Crippen LogP contribution in [-0.4, -0.2) is 31.7 Å². The third-order valence-corrected chi connectivity index (χ3v) is 3.88. The molecule has 1 saturated heterocycles. The van der Waals surface area contributed by atoms with E-state index in [1.54, 1.807) is 6.26 Å². The Morgan fingerprint density at radius 2 is 2.09 bits per heavy atom. The van der Waals surface area contributed by atoms with E-state index in [9.17, 15) is 4.79 Å². The molecule has 22 heavy (non-hydrogen) atoms. The van der Waals surface area contributed by atoms with E-state index in [0.717, 1.165) is 25.3 Å². The minimum Gasteiger partial charge on any atom is -0.469 e. The van der Waals surface area contributed by atoms with Crippen molar-refractivity contribution in [3.63, 3.8) is 0 Å². The molecule has 5 heteroatoms. The summed E-state index contributed by atoms with van der Waals surface area (Å²) < 4.78 is 5.23. The zero-order valence-corrected chi connectivity index (χ0v) is 12.5. The number of hydrogen-bond acceptors (Lipinski definition) is 3. The summed E-state index contributed by atoms with van der Waals surface area (Å²) in [5.41, 5.74) is 1.21. The highest BCUT2D eigenvalue weighted by atomic mass is 16.3. The van der Waals surface area contributed by atoms with Crippen LogP contribution in [0.2, 0.25) is 0 Å². The van der Waals surface area contributed by atoms with Gasteiger partial charge in [-0.05, 0) is 30.7 Å². The normalized spacial score (nSPS) is 17.5. The summed E-state index contributed by atoms with van der Waals surface area (Å²) in [6, 6.07) is 14.2. The molecule has 5 nitrogen and oxygen atoms in total. The van der Waals surface area contributed by atoms with E-state index in [2.05, 4.69) is 27.7 Å². The van der Waals surface area contributed by atoms with Gasteiger partial charge in [0.25, 0.3) is 0 Å². The van der Waals surface area contributed by atoms with Gasteiger partial charge in [0.2, 0.25) is 0 Å². The Kier molecular flexibility index (Phi) is 4.63. The highest BCUT2D eigenvalue weighted by molar-refractivity contribution is 5.74. The van der Waals surface area contributed by atoms with Gasteiger partial charge < -0.3 is 20.0 Å². The lowest BCUT2D eigenvalue weighted by molar-refractivity contribution is 0.238. The van der Waals surface area contributed by atoms with Crippen molar-refractivity contribution in [2.45, 2.75) is 18.9 Å². The van der Waals surface area contributed by atoms with Crippen molar-refractivity contribution in [2.24, 2.45) is 0 Å². The molecule has 2 heterocycles. The topological polar surface area (TPSA) is 57.5 Å². The van der Waals surface area contributed by atoms with Gasteiger partial charge in [0.1, 0.15) is 5.76 Å². The predicted molar refractivity (Wildman–Crippen MR) is 86.0 cm³/mol. The molecule has 3 rings (SSSR count). The average molecular weight is 299 g/mol. The SMILES string of the molecule is O=C(NCCc1ccco1)NC1CCN(c2ccccc2)C1. The Morgan fingerprint density at radius 1 is 1.23 bits per heavy atom. The van der Waals surface area contributed by atoms with Crippen LogP contribution in [-0.2, 0) is 6.42 Å². The van der Waals surface area contributed by atoms with Crippen LogP contribution in [0, 0.1) is 0 Å². The van der Waals surface area contributed by atoms with Gasteiger partial charge in [0.05, 0.1) is 6.26 Å². The number of urea groups is 1. The van der Waals surface area contributed by atoms with Crippen molar-refractivity contribution in [3.05, 3.63) is 54.5 Å². The summed E-state index contributed by atoms with van der Waals surface area (Å²) in [4.78, 5) is 14.2. The van der Waals surface area contributed by atoms with Gasteiger partial charge in [-0.1, -0.05) is 18.2 Å². The van der Waals surface area contributed by atoms with Crippen molar-refractivity contribution in [1.29, 1.82) is 0 Å². The fraction of sp³-hybridized carbons (Fsp3) is 0.353. The molecule has 0 saturated carbocycles. The van der Waals surface area contributed by atoms with Gasteiger partial charge in [0, 0.05) is 37.8 Å². The monoisotopic (exact) mass is 299 g/mol. The highest BCUT2D eigenvalue weighted by Gasteiger charge is 2.23. The lowest BCUT2D eigenvalue weighted by Gasteiger charge is -2.19. The van der Waals surface area contributed by atoms with Crippen molar-refractivity contribution in [1.82, 2.24) is 10.6 Å². The van der Waals surface area contributed by atoms with E-state index in [0.29, 0.717) is 13.0 Å². The first-order valence-electron chi connectivity index (χ1n) is 7.68. The number of furan rings is 1. The lowest BCUT2D eigenvalue weighted by Crippen LogP contribution is -2.43. The Hall–Kier alpha value is -2.43. The van der Waals surface area contributed by atoms with Gasteiger partial charge >= 0.3 is 6.03 Å². The molecule has 2 amide bonds. The van der Waals surface area contributed by atoms with Crippen molar-refractivity contribution < 1.29 is 9.21 Å². The summed E-state index contributed by atoms with van der Waals surface area (Å²) in [7, 11) is 0. The van der Waals surface area contributed by atoms with Gasteiger partial charge in [-0.2, -0.15) is 0 Å². The molecule has 2 N–H and O–H groups in total.